The second kappa shape index (κ2) is 10.2. The molecule has 0 spiro atoms. The molecule has 0 aromatic heterocycles. The average molecular weight is 460 g/mol. The first-order valence-electron chi connectivity index (χ1n) is 12.0. The fourth-order valence-electron chi connectivity index (χ4n) is 4.84. The van der Waals surface area contributed by atoms with Crippen LogP contribution in [0.1, 0.15) is 55.9 Å². The number of allylic oxidation sites excluding steroid dienone is 3. The van der Waals surface area contributed by atoms with Crippen molar-refractivity contribution in [3.8, 4) is 0 Å². The van der Waals surface area contributed by atoms with Crippen LogP contribution in [0.5, 0.6) is 0 Å². The lowest BCUT2D eigenvalue weighted by atomic mass is 9.89. The summed E-state index contributed by atoms with van der Waals surface area (Å²) in [6.07, 6.45) is 13.3. The van der Waals surface area contributed by atoms with Gasteiger partial charge in [-0.15, -0.1) is 0 Å². The number of aryl methyl sites for hydroxylation is 2. The van der Waals surface area contributed by atoms with E-state index in [1.807, 2.05) is 32.1 Å². The number of hydrogen-bond acceptors (Lipinski definition) is 2. The van der Waals surface area contributed by atoms with Crippen molar-refractivity contribution in [1.82, 2.24) is 0 Å². The molecule has 2 unspecified atom stereocenters. The number of hydrogen-bond donors (Lipinski definition) is 1. The molecule has 0 saturated carbocycles. The maximum atomic E-state index is 10.5. The van der Waals surface area contributed by atoms with Gasteiger partial charge >= 0.3 is 0 Å². The van der Waals surface area contributed by atoms with Gasteiger partial charge in [0.05, 0.1) is 11.6 Å². The zero-order chi connectivity index (χ0) is 23.4. The number of aliphatic hydroxyl groups is 1. The largest absolute Gasteiger partial charge is 0.386 e. The van der Waals surface area contributed by atoms with E-state index in [9.17, 15) is 5.11 Å². The summed E-state index contributed by atoms with van der Waals surface area (Å²) in [7, 11) is 0. The minimum absolute atomic E-state index is 0.170. The van der Waals surface area contributed by atoms with Crippen molar-refractivity contribution >= 4 is 17.3 Å². The molecule has 1 heterocycles. The van der Waals surface area contributed by atoms with Crippen LogP contribution >= 0.6 is 11.6 Å². The van der Waals surface area contributed by atoms with Crippen LogP contribution in [0.25, 0.3) is 0 Å². The van der Waals surface area contributed by atoms with E-state index in [-0.39, 0.29) is 6.04 Å². The summed E-state index contributed by atoms with van der Waals surface area (Å²) in [4.78, 5) is 5.00. The number of dihydropyridines is 1. The van der Waals surface area contributed by atoms with Crippen LogP contribution in [0, 0.1) is 5.92 Å². The van der Waals surface area contributed by atoms with E-state index in [4.69, 9.17) is 16.6 Å². The van der Waals surface area contributed by atoms with Gasteiger partial charge < -0.3 is 5.11 Å². The molecule has 172 valence electrons. The van der Waals surface area contributed by atoms with Gasteiger partial charge in [-0.2, -0.15) is 0 Å². The van der Waals surface area contributed by atoms with Crippen molar-refractivity contribution in [1.29, 1.82) is 0 Å². The summed E-state index contributed by atoms with van der Waals surface area (Å²) in [5.74, 6) is 0.362. The third-order valence-corrected chi connectivity index (χ3v) is 6.89. The van der Waals surface area contributed by atoms with Crippen molar-refractivity contribution in [3.63, 3.8) is 0 Å². The molecule has 0 bridgehead atoms. The molecule has 33 heavy (non-hydrogen) atoms. The molecule has 1 aliphatic carbocycles. The molecule has 2 aliphatic rings. The molecule has 3 heteroatoms. The fraction of sp³-hybridized carbons (Fsp3) is 0.367. The monoisotopic (exact) mass is 459 g/mol. The topological polar surface area (TPSA) is 32.6 Å². The Hall–Kier alpha value is -2.42. The number of fused-ring (bicyclic) bond motifs is 1. The van der Waals surface area contributed by atoms with E-state index in [0.29, 0.717) is 5.92 Å². The summed E-state index contributed by atoms with van der Waals surface area (Å²) in [6, 6.07) is 17.4. The molecule has 2 nitrogen and oxygen atoms in total. The summed E-state index contributed by atoms with van der Waals surface area (Å²) in [6.45, 7) is 5.98. The van der Waals surface area contributed by atoms with Crippen molar-refractivity contribution in [2.75, 3.05) is 0 Å². The Bertz CT molecular complexity index is 1120. The highest BCUT2D eigenvalue weighted by Gasteiger charge is 2.22. The maximum absolute atomic E-state index is 10.5. The van der Waals surface area contributed by atoms with Gasteiger partial charge in [0.2, 0.25) is 0 Å². The number of benzene rings is 2. The van der Waals surface area contributed by atoms with Gasteiger partial charge in [-0.3, -0.25) is 4.99 Å². The van der Waals surface area contributed by atoms with Gasteiger partial charge in [0.1, 0.15) is 0 Å². The van der Waals surface area contributed by atoms with Crippen LogP contribution in [0.4, 0.5) is 0 Å². The Kier molecular flexibility index (Phi) is 7.36. The van der Waals surface area contributed by atoms with Crippen LogP contribution in [-0.2, 0) is 24.9 Å². The molecule has 1 N–H and O–H groups in total. The number of rotatable bonds is 8. The minimum atomic E-state index is -0.807. The number of nitrogens with zero attached hydrogens (tertiary/aromatic N) is 1. The lowest BCUT2D eigenvalue weighted by Gasteiger charge is -2.24. The molecule has 0 radical (unpaired) electrons. The summed E-state index contributed by atoms with van der Waals surface area (Å²) in [5.41, 5.74) is 6.61. The van der Waals surface area contributed by atoms with Crippen molar-refractivity contribution in [3.05, 3.63) is 106 Å². The second-order valence-corrected chi connectivity index (χ2v) is 10.4. The third-order valence-electron chi connectivity index (χ3n) is 6.61. The number of aliphatic imine (C=N–C) groups is 1. The zero-order valence-electron chi connectivity index (χ0n) is 19.9. The van der Waals surface area contributed by atoms with Gasteiger partial charge in [0, 0.05) is 23.1 Å². The van der Waals surface area contributed by atoms with Crippen molar-refractivity contribution < 1.29 is 5.11 Å². The van der Waals surface area contributed by atoms with E-state index in [0.717, 1.165) is 48.4 Å². The molecule has 0 amide bonds. The standard InChI is InChI=1S/C30H34ClNO/c1-21(28-17-15-25-14-16-26(31)20-29(25)32-28)18-23-10-6-8-22(19-23)9-7-12-24-11-4-5-13-27(24)30(2,3)33/h4-6,8,10-11,13-17,19,21,29,33H,7,9,12,18,20H2,1-3H3. The first kappa shape index (κ1) is 23.7. The molecule has 2 atom stereocenters. The number of halogens is 1. The van der Waals surface area contributed by atoms with E-state index in [2.05, 4.69) is 61.5 Å². The maximum Gasteiger partial charge on any atom is 0.0843 e. The predicted octanol–water partition coefficient (Wildman–Crippen LogP) is 7.10. The van der Waals surface area contributed by atoms with Crippen LogP contribution in [0.2, 0.25) is 0 Å². The van der Waals surface area contributed by atoms with Crippen LogP contribution < -0.4 is 0 Å². The van der Waals surface area contributed by atoms with E-state index < -0.39 is 5.60 Å². The van der Waals surface area contributed by atoms with E-state index >= 15 is 0 Å². The lowest BCUT2D eigenvalue weighted by molar-refractivity contribution is 0.0776. The lowest BCUT2D eigenvalue weighted by Crippen LogP contribution is -2.21. The van der Waals surface area contributed by atoms with Gasteiger partial charge in [-0.05, 0) is 79.5 Å². The van der Waals surface area contributed by atoms with Crippen LogP contribution in [-0.4, -0.2) is 16.9 Å². The van der Waals surface area contributed by atoms with Crippen LogP contribution in [0.15, 0.2) is 88.4 Å². The van der Waals surface area contributed by atoms with E-state index in [1.54, 1.807) is 0 Å². The Morgan fingerprint density at radius 1 is 1.03 bits per heavy atom. The van der Waals surface area contributed by atoms with Gasteiger partial charge in [0.25, 0.3) is 0 Å². The Balaban J connectivity index is 1.36. The minimum Gasteiger partial charge on any atom is -0.386 e. The smallest absolute Gasteiger partial charge is 0.0843 e. The van der Waals surface area contributed by atoms with Gasteiger partial charge in [0.15, 0.2) is 0 Å². The predicted molar refractivity (Wildman–Crippen MR) is 140 cm³/mol. The Morgan fingerprint density at radius 3 is 2.64 bits per heavy atom. The molecule has 1 aliphatic heterocycles. The Morgan fingerprint density at radius 2 is 1.82 bits per heavy atom. The molecule has 2 aromatic rings. The van der Waals surface area contributed by atoms with Crippen molar-refractivity contribution in [2.45, 2.75) is 64.5 Å². The fourth-order valence-corrected chi connectivity index (χ4v) is 5.05. The molecular formula is C30H34ClNO. The second-order valence-electron chi connectivity index (χ2n) is 9.88. The SMILES string of the molecule is CC(Cc1cccc(CCCc2ccccc2C(C)(C)O)c1)C1=NC2CC(Cl)=CC=C2C=C1. The Labute approximate surface area is 203 Å². The highest BCUT2D eigenvalue weighted by Crippen LogP contribution is 2.29. The average Bonchev–Trinajstić information content (AvgIpc) is 2.78. The normalized spacial score (nSPS) is 18.8. The molecule has 2 aromatic carbocycles. The highest BCUT2D eigenvalue weighted by molar-refractivity contribution is 6.29. The highest BCUT2D eigenvalue weighted by atomic mass is 35.5. The van der Waals surface area contributed by atoms with Crippen molar-refractivity contribution in [2.24, 2.45) is 10.9 Å². The zero-order valence-corrected chi connectivity index (χ0v) is 20.6. The molecule has 4 rings (SSSR count). The van der Waals surface area contributed by atoms with Crippen LogP contribution in [0.3, 0.4) is 0 Å². The molecule has 0 saturated heterocycles. The molecule has 0 fully saturated rings. The molecular weight excluding hydrogens is 426 g/mol. The van der Waals surface area contributed by atoms with Gasteiger partial charge in [-0.25, -0.2) is 0 Å². The quantitative estimate of drug-likeness (QED) is 0.448. The third kappa shape index (κ3) is 6.13. The van der Waals surface area contributed by atoms with E-state index in [1.165, 1.54) is 22.3 Å². The summed E-state index contributed by atoms with van der Waals surface area (Å²) in [5, 5.41) is 11.3. The summed E-state index contributed by atoms with van der Waals surface area (Å²) < 4.78 is 0. The summed E-state index contributed by atoms with van der Waals surface area (Å²) >= 11 is 6.23. The van der Waals surface area contributed by atoms with Gasteiger partial charge in [-0.1, -0.05) is 79.2 Å². The first-order chi connectivity index (χ1) is 15.8. The first-order valence-corrected chi connectivity index (χ1v) is 12.4.